The Morgan fingerprint density at radius 3 is 2.35 bits per heavy atom. The van der Waals surface area contributed by atoms with Crippen molar-refractivity contribution in [1.29, 1.82) is 0 Å². The van der Waals surface area contributed by atoms with Crippen molar-refractivity contribution in [3.8, 4) is 11.5 Å². The Kier molecular flexibility index (Phi) is 7.39. The number of aryl methyl sites for hydroxylation is 2. The molecule has 6 nitrogen and oxygen atoms in total. The van der Waals surface area contributed by atoms with Crippen LogP contribution < -0.4 is 14.4 Å². The fraction of sp³-hybridized carbons (Fsp3) is 0.290. The van der Waals surface area contributed by atoms with Crippen LogP contribution in [0.25, 0.3) is 5.76 Å². The second kappa shape index (κ2) is 10.5. The number of carbonyl (C=O) groups excluding carboxylic acids is 2. The van der Waals surface area contributed by atoms with E-state index in [0.717, 1.165) is 22.4 Å². The molecule has 0 aliphatic carbocycles. The molecule has 4 rings (SSSR count). The van der Waals surface area contributed by atoms with Gasteiger partial charge in [0, 0.05) is 16.8 Å². The van der Waals surface area contributed by atoms with E-state index in [2.05, 4.69) is 0 Å². The van der Waals surface area contributed by atoms with E-state index >= 15 is 0 Å². The van der Waals surface area contributed by atoms with Gasteiger partial charge in [0.05, 0.1) is 25.3 Å². The van der Waals surface area contributed by atoms with E-state index in [1.165, 1.54) is 4.90 Å². The minimum atomic E-state index is -0.868. The highest BCUT2D eigenvalue weighted by Gasteiger charge is 2.48. The highest BCUT2D eigenvalue weighted by molar-refractivity contribution is 6.51. The van der Waals surface area contributed by atoms with Crippen molar-refractivity contribution in [2.24, 2.45) is 0 Å². The first kappa shape index (κ1) is 26.0. The number of methoxy groups -OCH3 is 1. The minimum absolute atomic E-state index is 0.0200. The number of hydrogen-bond acceptors (Lipinski definition) is 5. The summed E-state index contributed by atoms with van der Waals surface area (Å²) in [5.74, 6) is -0.306. The van der Waals surface area contributed by atoms with Crippen LogP contribution in [-0.2, 0) is 9.59 Å². The maximum atomic E-state index is 13.6. The monoisotopic (exact) mass is 499 g/mol. The van der Waals surface area contributed by atoms with Crippen molar-refractivity contribution >= 4 is 23.1 Å². The van der Waals surface area contributed by atoms with E-state index in [1.54, 1.807) is 25.3 Å². The molecule has 0 spiro atoms. The summed E-state index contributed by atoms with van der Waals surface area (Å²) in [6, 6.07) is 17.3. The Bertz CT molecular complexity index is 1390. The summed E-state index contributed by atoms with van der Waals surface area (Å²) in [4.78, 5) is 28.5. The molecule has 1 aliphatic heterocycles. The topological polar surface area (TPSA) is 76.1 Å². The van der Waals surface area contributed by atoms with Gasteiger partial charge in [-0.3, -0.25) is 14.5 Å². The molecule has 3 aromatic carbocycles. The van der Waals surface area contributed by atoms with Crippen LogP contribution in [0.1, 0.15) is 60.5 Å². The number of carbonyl (C=O) groups is 2. The van der Waals surface area contributed by atoms with Gasteiger partial charge in [-0.05, 0) is 79.8 Å². The number of aliphatic hydroxyl groups excluding tert-OH is 1. The predicted octanol–water partition coefficient (Wildman–Crippen LogP) is 6.46. The molecule has 1 saturated heterocycles. The van der Waals surface area contributed by atoms with E-state index in [1.807, 2.05) is 77.1 Å². The summed E-state index contributed by atoms with van der Waals surface area (Å²) in [6.45, 7) is 10.5. The van der Waals surface area contributed by atoms with Crippen molar-refractivity contribution in [3.05, 3.63) is 94.1 Å². The Morgan fingerprint density at radius 1 is 0.973 bits per heavy atom. The molecule has 192 valence electrons. The fourth-order valence-electron chi connectivity index (χ4n) is 4.75. The summed E-state index contributed by atoms with van der Waals surface area (Å²) < 4.78 is 11.4. The quantitative estimate of drug-likeness (QED) is 0.229. The smallest absolute Gasteiger partial charge is 0.300 e. The molecule has 0 bridgehead atoms. The molecule has 1 amide bonds. The zero-order valence-corrected chi connectivity index (χ0v) is 22.2. The number of ketones is 1. The van der Waals surface area contributed by atoms with Crippen molar-refractivity contribution in [2.75, 3.05) is 18.6 Å². The molecule has 6 heteroatoms. The van der Waals surface area contributed by atoms with Gasteiger partial charge in [-0.15, -0.1) is 0 Å². The second-order valence-corrected chi connectivity index (χ2v) is 9.52. The average Bonchev–Trinajstić information content (AvgIpc) is 3.15. The zero-order chi connectivity index (χ0) is 26.9. The van der Waals surface area contributed by atoms with Gasteiger partial charge in [0.2, 0.25) is 0 Å². The summed E-state index contributed by atoms with van der Waals surface area (Å²) in [5, 5.41) is 11.6. The summed E-state index contributed by atoms with van der Waals surface area (Å²) in [5.41, 5.74) is 4.63. The van der Waals surface area contributed by atoms with Gasteiger partial charge >= 0.3 is 0 Å². The van der Waals surface area contributed by atoms with Crippen LogP contribution in [-0.4, -0.2) is 30.5 Å². The van der Waals surface area contributed by atoms with E-state index in [9.17, 15) is 14.7 Å². The molecule has 0 aromatic heterocycles. The van der Waals surface area contributed by atoms with E-state index in [-0.39, 0.29) is 17.3 Å². The first-order chi connectivity index (χ1) is 17.7. The van der Waals surface area contributed by atoms with E-state index in [4.69, 9.17) is 9.47 Å². The third-order valence-corrected chi connectivity index (χ3v) is 6.85. The van der Waals surface area contributed by atoms with Gasteiger partial charge < -0.3 is 14.6 Å². The van der Waals surface area contributed by atoms with Gasteiger partial charge in [-0.2, -0.15) is 0 Å². The molecule has 1 unspecified atom stereocenters. The third kappa shape index (κ3) is 4.71. The van der Waals surface area contributed by atoms with Crippen LogP contribution in [0.15, 0.2) is 66.2 Å². The van der Waals surface area contributed by atoms with Crippen LogP contribution >= 0.6 is 0 Å². The number of Topliss-reactive ketones (excluding diaryl/α,β-unsaturated/α-hetero) is 1. The molecule has 0 radical (unpaired) electrons. The molecule has 1 atom stereocenters. The van der Waals surface area contributed by atoms with Gasteiger partial charge in [0.25, 0.3) is 11.7 Å². The Hall–Kier alpha value is -4.06. The normalized spacial score (nSPS) is 16.9. The van der Waals surface area contributed by atoms with Crippen molar-refractivity contribution in [1.82, 2.24) is 0 Å². The number of rotatable bonds is 7. The number of nitrogens with zero attached hydrogens (tertiary/aromatic N) is 1. The molecule has 1 N–H and O–H groups in total. The molecular weight excluding hydrogens is 466 g/mol. The van der Waals surface area contributed by atoms with Crippen LogP contribution in [0.4, 0.5) is 5.69 Å². The van der Waals surface area contributed by atoms with Crippen LogP contribution in [0.3, 0.4) is 0 Å². The number of ether oxygens (including phenoxy) is 2. The van der Waals surface area contributed by atoms with Gasteiger partial charge in [-0.25, -0.2) is 0 Å². The molecule has 37 heavy (non-hydrogen) atoms. The van der Waals surface area contributed by atoms with E-state index in [0.29, 0.717) is 29.2 Å². The fourth-order valence-corrected chi connectivity index (χ4v) is 4.75. The second-order valence-electron chi connectivity index (χ2n) is 9.52. The third-order valence-electron chi connectivity index (χ3n) is 6.85. The zero-order valence-electron chi connectivity index (χ0n) is 22.2. The maximum Gasteiger partial charge on any atom is 0.300 e. The number of hydrogen-bond donors (Lipinski definition) is 1. The summed E-state index contributed by atoms with van der Waals surface area (Å²) in [7, 11) is 1.54. The predicted molar refractivity (Wildman–Crippen MR) is 145 cm³/mol. The first-order valence-electron chi connectivity index (χ1n) is 12.5. The van der Waals surface area contributed by atoms with Crippen molar-refractivity contribution in [3.63, 3.8) is 0 Å². The van der Waals surface area contributed by atoms with Crippen molar-refractivity contribution in [2.45, 2.75) is 46.6 Å². The standard InChI is InChI=1S/C31H33NO5/c1-7-37-26-15-13-21(17-24(26)18(2)3)29(33)27-28(23-10-8-9-11-25(23)36-6)32(31(35)30(27)34)22-14-12-19(4)20(5)16-22/h8-18,28,33H,7H2,1-6H3/b29-27+. The lowest BCUT2D eigenvalue weighted by atomic mass is 9.92. The average molecular weight is 500 g/mol. The lowest BCUT2D eigenvalue weighted by molar-refractivity contribution is -0.132. The number of aliphatic hydroxyl groups is 1. The SMILES string of the molecule is CCOc1ccc(/C(O)=C2\C(=O)C(=O)N(c3ccc(C)c(C)c3)C2c2ccccc2OC)cc1C(C)C. The van der Waals surface area contributed by atoms with Gasteiger partial charge in [-0.1, -0.05) is 38.1 Å². The number of benzene rings is 3. The highest BCUT2D eigenvalue weighted by Crippen LogP contribution is 2.45. The molecule has 1 fully saturated rings. The molecule has 1 heterocycles. The maximum absolute atomic E-state index is 13.6. The lowest BCUT2D eigenvalue weighted by Gasteiger charge is -2.27. The first-order valence-corrected chi connectivity index (χ1v) is 12.5. The van der Waals surface area contributed by atoms with Gasteiger partial charge in [0.15, 0.2) is 0 Å². The largest absolute Gasteiger partial charge is 0.507 e. The number of para-hydroxylation sites is 1. The molecule has 1 aliphatic rings. The van der Waals surface area contributed by atoms with Crippen molar-refractivity contribution < 1.29 is 24.2 Å². The number of amides is 1. The highest BCUT2D eigenvalue weighted by atomic mass is 16.5. The Balaban J connectivity index is 1.98. The Morgan fingerprint density at radius 2 is 1.70 bits per heavy atom. The molecule has 3 aromatic rings. The Labute approximate surface area is 218 Å². The number of anilines is 1. The summed E-state index contributed by atoms with van der Waals surface area (Å²) in [6.07, 6.45) is 0. The van der Waals surface area contributed by atoms with Crippen LogP contribution in [0, 0.1) is 13.8 Å². The lowest BCUT2D eigenvalue weighted by Crippen LogP contribution is -2.29. The van der Waals surface area contributed by atoms with Crippen LogP contribution in [0.2, 0.25) is 0 Å². The minimum Gasteiger partial charge on any atom is -0.507 e. The molecular formula is C31H33NO5. The van der Waals surface area contributed by atoms with Crippen LogP contribution in [0.5, 0.6) is 11.5 Å². The van der Waals surface area contributed by atoms with Gasteiger partial charge in [0.1, 0.15) is 17.3 Å². The molecule has 0 saturated carbocycles. The van der Waals surface area contributed by atoms with E-state index < -0.39 is 17.7 Å². The summed E-state index contributed by atoms with van der Waals surface area (Å²) >= 11 is 0.